The van der Waals surface area contributed by atoms with Crippen molar-refractivity contribution in [2.24, 2.45) is 4.99 Å². The maximum atomic E-state index is 11.4. The Kier molecular flexibility index (Phi) is 4.51. The van der Waals surface area contributed by atoms with E-state index in [-0.39, 0.29) is 16.4 Å². The van der Waals surface area contributed by atoms with Gasteiger partial charge in [-0.1, -0.05) is 52.8 Å². The lowest BCUT2D eigenvalue weighted by Crippen LogP contribution is -2.17. The molecule has 1 N–H and O–H groups in total. The average Bonchev–Trinajstić information content (AvgIpc) is 2.87. The lowest BCUT2D eigenvalue weighted by atomic mass is 9.79. The molecule has 0 saturated heterocycles. The van der Waals surface area contributed by atoms with Gasteiger partial charge in [0.2, 0.25) is 0 Å². The van der Waals surface area contributed by atoms with E-state index >= 15 is 0 Å². The molecule has 0 amide bonds. The third-order valence-corrected chi connectivity index (χ3v) is 5.36. The second kappa shape index (κ2) is 6.39. The Labute approximate surface area is 155 Å². The number of fused-ring (bicyclic) bond motifs is 1. The predicted molar refractivity (Wildman–Crippen MR) is 107 cm³/mol. The molecule has 3 heteroatoms. The maximum absolute atomic E-state index is 11.4. The second-order valence-corrected chi connectivity index (χ2v) is 8.81. The number of aliphatic imine (C=N–C) groups is 1. The van der Waals surface area contributed by atoms with Gasteiger partial charge in [0.1, 0.15) is 0 Å². The Hall–Kier alpha value is -2.42. The van der Waals surface area contributed by atoms with Crippen LogP contribution in [0.3, 0.4) is 0 Å². The largest absolute Gasteiger partial charge is 0.478 e. The first-order valence-corrected chi connectivity index (χ1v) is 9.14. The number of carboxylic acids is 1. The minimum atomic E-state index is -0.951. The first-order valence-electron chi connectivity index (χ1n) is 9.14. The molecule has 0 unspecified atom stereocenters. The van der Waals surface area contributed by atoms with E-state index in [2.05, 4.69) is 51.7 Å². The molecule has 2 aromatic carbocycles. The van der Waals surface area contributed by atoms with Crippen LogP contribution in [-0.4, -0.2) is 17.3 Å². The highest BCUT2D eigenvalue weighted by molar-refractivity contribution is 5.95. The molecule has 26 heavy (non-hydrogen) atoms. The van der Waals surface area contributed by atoms with Crippen LogP contribution < -0.4 is 0 Å². The van der Waals surface area contributed by atoms with Gasteiger partial charge in [-0.2, -0.15) is 0 Å². The number of para-hydroxylation sites is 1. The topological polar surface area (TPSA) is 49.7 Å². The van der Waals surface area contributed by atoms with Gasteiger partial charge in [0.15, 0.2) is 0 Å². The summed E-state index contributed by atoms with van der Waals surface area (Å²) in [7, 11) is 0. The normalized spacial score (nSPS) is 16.0. The number of rotatable bonds is 3. The van der Waals surface area contributed by atoms with Crippen molar-refractivity contribution in [2.45, 2.75) is 58.3 Å². The van der Waals surface area contributed by atoms with E-state index in [9.17, 15) is 9.90 Å². The van der Waals surface area contributed by atoms with Crippen molar-refractivity contribution in [3.8, 4) is 0 Å². The van der Waals surface area contributed by atoms with Crippen LogP contribution in [0.2, 0.25) is 0 Å². The number of carboxylic acid groups (broad SMARTS) is 1. The molecule has 0 fully saturated rings. The molecule has 0 bridgehead atoms. The summed E-state index contributed by atoms with van der Waals surface area (Å²) in [5.41, 5.74) is 6.09. The summed E-state index contributed by atoms with van der Waals surface area (Å²) in [4.78, 5) is 16.0. The molecule has 3 nitrogen and oxygen atoms in total. The van der Waals surface area contributed by atoms with Gasteiger partial charge >= 0.3 is 5.97 Å². The van der Waals surface area contributed by atoms with E-state index in [0.717, 1.165) is 18.4 Å². The molecule has 2 aromatic rings. The predicted octanol–water partition coefficient (Wildman–Crippen LogP) is 5.66. The number of hydrogen-bond acceptors (Lipinski definition) is 2. The standard InChI is InChI=1S/C23H27NO2/c1-22(2,3)16-12-15(17-10-11-23(4,5)19(17)13-16)14-24-20-9-7-6-8-18(20)21(25)26/h6-9,12-14H,10-11H2,1-5H3,(H,25,26). The summed E-state index contributed by atoms with van der Waals surface area (Å²) >= 11 is 0. The van der Waals surface area contributed by atoms with Crippen LogP contribution >= 0.6 is 0 Å². The van der Waals surface area contributed by atoms with Gasteiger partial charge in [-0.25, -0.2) is 4.79 Å². The Morgan fingerprint density at radius 1 is 1.19 bits per heavy atom. The molecule has 3 rings (SSSR count). The van der Waals surface area contributed by atoms with Crippen molar-refractivity contribution in [2.75, 3.05) is 0 Å². The number of carbonyl (C=O) groups is 1. The molecule has 0 spiro atoms. The second-order valence-electron chi connectivity index (χ2n) is 8.81. The summed E-state index contributed by atoms with van der Waals surface area (Å²) in [6, 6.07) is 11.4. The summed E-state index contributed by atoms with van der Waals surface area (Å²) in [5, 5.41) is 9.36. The molecule has 0 aromatic heterocycles. The van der Waals surface area contributed by atoms with Crippen molar-refractivity contribution >= 4 is 17.9 Å². The van der Waals surface area contributed by atoms with Gasteiger partial charge in [-0.05, 0) is 64.1 Å². The molecule has 0 saturated carbocycles. The third kappa shape index (κ3) is 3.44. The van der Waals surface area contributed by atoms with E-state index in [0.29, 0.717) is 5.69 Å². The Balaban J connectivity index is 2.12. The highest BCUT2D eigenvalue weighted by Gasteiger charge is 2.32. The van der Waals surface area contributed by atoms with Gasteiger partial charge in [0.25, 0.3) is 0 Å². The van der Waals surface area contributed by atoms with Gasteiger partial charge in [0.05, 0.1) is 11.3 Å². The molecule has 0 heterocycles. The first-order chi connectivity index (χ1) is 12.1. The highest BCUT2D eigenvalue weighted by Crippen LogP contribution is 2.42. The fourth-order valence-electron chi connectivity index (χ4n) is 3.60. The van der Waals surface area contributed by atoms with Crippen LogP contribution in [0.15, 0.2) is 41.4 Å². The fraction of sp³-hybridized carbons (Fsp3) is 0.391. The Morgan fingerprint density at radius 3 is 2.54 bits per heavy atom. The Bertz CT molecular complexity index is 886. The van der Waals surface area contributed by atoms with Crippen LogP contribution in [0.4, 0.5) is 5.69 Å². The smallest absolute Gasteiger partial charge is 0.337 e. The third-order valence-electron chi connectivity index (χ3n) is 5.36. The lowest BCUT2D eigenvalue weighted by molar-refractivity contribution is 0.0698. The summed E-state index contributed by atoms with van der Waals surface area (Å²) in [5.74, 6) is -0.951. The van der Waals surface area contributed by atoms with Gasteiger partial charge in [-0.15, -0.1) is 0 Å². The monoisotopic (exact) mass is 349 g/mol. The fourth-order valence-corrected chi connectivity index (χ4v) is 3.60. The lowest BCUT2D eigenvalue weighted by Gasteiger charge is -2.25. The van der Waals surface area contributed by atoms with Crippen molar-refractivity contribution in [3.63, 3.8) is 0 Å². The number of nitrogens with zero attached hydrogens (tertiary/aromatic N) is 1. The minimum Gasteiger partial charge on any atom is -0.478 e. The van der Waals surface area contributed by atoms with Crippen LogP contribution in [0.25, 0.3) is 0 Å². The van der Waals surface area contributed by atoms with Crippen molar-refractivity contribution in [1.82, 2.24) is 0 Å². The molecule has 0 aliphatic heterocycles. The van der Waals surface area contributed by atoms with Crippen LogP contribution in [0, 0.1) is 0 Å². The molecule has 1 aliphatic rings. The Morgan fingerprint density at radius 2 is 1.88 bits per heavy atom. The number of hydrogen-bond donors (Lipinski definition) is 1. The van der Waals surface area contributed by atoms with E-state index in [1.807, 2.05) is 12.3 Å². The number of benzene rings is 2. The quantitative estimate of drug-likeness (QED) is 0.727. The molecular weight excluding hydrogens is 322 g/mol. The van der Waals surface area contributed by atoms with E-state index in [1.54, 1.807) is 18.2 Å². The zero-order valence-corrected chi connectivity index (χ0v) is 16.3. The summed E-state index contributed by atoms with van der Waals surface area (Å²) < 4.78 is 0. The zero-order chi connectivity index (χ0) is 19.1. The molecule has 136 valence electrons. The molecule has 1 aliphatic carbocycles. The van der Waals surface area contributed by atoms with Crippen LogP contribution in [0.1, 0.15) is 73.7 Å². The van der Waals surface area contributed by atoms with Crippen molar-refractivity contribution in [1.29, 1.82) is 0 Å². The average molecular weight is 349 g/mol. The van der Waals surface area contributed by atoms with Crippen molar-refractivity contribution < 1.29 is 9.90 Å². The molecule has 0 atom stereocenters. The highest BCUT2D eigenvalue weighted by atomic mass is 16.4. The van der Waals surface area contributed by atoms with Crippen LogP contribution in [0.5, 0.6) is 0 Å². The molecule has 0 radical (unpaired) electrons. The minimum absolute atomic E-state index is 0.0509. The van der Waals surface area contributed by atoms with Crippen LogP contribution in [-0.2, 0) is 17.3 Å². The van der Waals surface area contributed by atoms with E-state index in [4.69, 9.17) is 0 Å². The van der Waals surface area contributed by atoms with Gasteiger partial charge in [-0.3, -0.25) is 4.99 Å². The number of aromatic carboxylic acids is 1. The van der Waals surface area contributed by atoms with Gasteiger partial charge < -0.3 is 5.11 Å². The zero-order valence-electron chi connectivity index (χ0n) is 16.3. The summed E-state index contributed by atoms with van der Waals surface area (Å²) in [6.07, 6.45) is 4.01. The maximum Gasteiger partial charge on any atom is 0.337 e. The van der Waals surface area contributed by atoms with E-state index in [1.165, 1.54) is 16.7 Å². The molecular formula is C23H27NO2. The SMILES string of the molecule is CC(C)(C)c1cc(C=Nc2ccccc2C(=O)O)c2c(c1)C(C)(C)CC2. The summed E-state index contributed by atoms with van der Waals surface area (Å²) in [6.45, 7) is 11.3. The van der Waals surface area contributed by atoms with Gasteiger partial charge in [0, 0.05) is 6.21 Å². The van der Waals surface area contributed by atoms with E-state index < -0.39 is 5.97 Å². The van der Waals surface area contributed by atoms with Crippen molar-refractivity contribution in [3.05, 3.63) is 64.2 Å². The first kappa shape index (κ1) is 18.4.